The normalized spacial score (nSPS) is 12.2. The first kappa shape index (κ1) is 18.3. The number of hydrogen-bond donors (Lipinski definition) is 0. The van der Waals surface area contributed by atoms with Crippen molar-refractivity contribution in [1.29, 1.82) is 5.26 Å². The summed E-state index contributed by atoms with van der Waals surface area (Å²) in [6.45, 7) is 2.95. The molecule has 0 unspecified atom stereocenters. The van der Waals surface area contributed by atoms with Crippen molar-refractivity contribution in [3.63, 3.8) is 0 Å². The van der Waals surface area contributed by atoms with E-state index < -0.39 is 0 Å². The van der Waals surface area contributed by atoms with Crippen LogP contribution in [0, 0.1) is 18.3 Å². The Balaban J connectivity index is 1.83. The first-order valence-corrected chi connectivity index (χ1v) is 10.0. The van der Waals surface area contributed by atoms with Gasteiger partial charge < -0.3 is 14.0 Å². The SMILES string of the molecule is COc1cc2c(cc1OC)-c1c(C#N)c(-c3cccc4ccccc34)c(C)n1CC2. The summed E-state index contributed by atoms with van der Waals surface area (Å²) < 4.78 is 13.3. The van der Waals surface area contributed by atoms with E-state index in [0.29, 0.717) is 5.75 Å². The predicted molar refractivity (Wildman–Crippen MR) is 119 cm³/mol. The molecule has 0 radical (unpaired) electrons. The zero-order valence-electron chi connectivity index (χ0n) is 17.3. The summed E-state index contributed by atoms with van der Waals surface area (Å²) in [6, 6.07) is 21.2. The molecule has 1 aromatic heterocycles. The Bertz CT molecular complexity index is 1340. The van der Waals surface area contributed by atoms with Crippen molar-refractivity contribution in [1.82, 2.24) is 4.57 Å². The Labute approximate surface area is 175 Å². The summed E-state index contributed by atoms with van der Waals surface area (Å²) >= 11 is 0. The van der Waals surface area contributed by atoms with Gasteiger partial charge in [0.25, 0.3) is 0 Å². The van der Waals surface area contributed by atoms with Gasteiger partial charge in [0.05, 0.1) is 25.5 Å². The molecule has 0 spiro atoms. The van der Waals surface area contributed by atoms with Crippen molar-refractivity contribution in [3.8, 4) is 40.0 Å². The fourth-order valence-corrected chi connectivity index (χ4v) is 4.76. The van der Waals surface area contributed by atoms with E-state index in [-0.39, 0.29) is 0 Å². The highest BCUT2D eigenvalue weighted by Crippen LogP contribution is 2.45. The molecule has 0 saturated carbocycles. The van der Waals surface area contributed by atoms with Crippen molar-refractivity contribution < 1.29 is 9.47 Å². The average molecular weight is 394 g/mol. The van der Waals surface area contributed by atoms with E-state index in [9.17, 15) is 5.26 Å². The van der Waals surface area contributed by atoms with Crippen LogP contribution in [0.25, 0.3) is 33.2 Å². The Morgan fingerprint density at radius 3 is 2.43 bits per heavy atom. The second-order valence-corrected chi connectivity index (χ2v) is 7.59. The molecule has 0 bridgehead atoms. The number of fused-ring (bicyclic) bond motifs is 4. The van der Waals surface area contributed by atoms with Crippen molar-refractivity contribution in [2.75, 3.05) is 14.2 Å². The summed E-state index contributed by atoms with van der Waals surface area (Å²) in [5, 5.41) is 12.6. The van der Waals surface area contributed by atoms with Gasteiger partial charge >= 0.3 is 0 Å². The molecule has 2 heterocycles. The van der Waals surface area contributed by atoms with E-state index in [1.165, 1.54) is 10.9 Å². The number of rotatable bonds is 3. The van der Waals surface area contributed by atoms with Crippen LogP contribution >= 0.6 is 0 Å². The van der Waals surface area contributed by atoms with Gasteiger partial charge in [-0.15, -0.1) is 0 Å². The Morgan fingerprint density at radius 1 is 0.933 bits per heavy atom. The molecular formula is C26H22N2O2. The lowest BCUT2D eigenvalue weighted by molar-refractivity contribution is 0.354. The molecule has 0 amide bonds. The Morgan fingerprint density at radius 2 is 1.67 bits per heavy atom. The number of nitrogens with zero attached hydrogens (tertiary/aromatic N) is 2. The maximum absolute atomic E-state index is 10.3. The number of nitriles is 1. The lowest BCUT2D eigenvalue weighted by Gasteiger charge is -2.22. The second kappa shape index (κ2) is 6.96. The first-order valence-electron chi connectivity index (χ1n) is 10.0. The standard InChI is InChI=1S/C26H22N2O2/c1-16-25(20-10-6-8-17-7-4-5-9-19(17)20)22(15-27)26-21-14-24(30-3)23(29-2)13-18(21)11-12-28(16)26/h4-10,13-14H,11-12H2,1-3H3. The van der Waals surface area contributed by atoms with Gasteiger partial charge in [0.15, 0.2) is 11.5 Å². The van der Waals surface area contributed by atoms with Gasteiger partial charge in [0, 0.05) is 23.4 Å². The number of aromatic nitrogens is 1. The summed E-state index contributed by atoms with van der Waals surface area (Å²) in [5.74, 6) is 1.40. The van der Waals surface area contributed by atoms with Crippen LogP contribution in [0.15, 0.2) is 54.6 Å². The van der Waals surface area contributed by atoms with E-state index in [1.54, 1.807) is 14.2 Å². The van der Waals surface area contributed by atoms with Crippen LogP contribution in [-0.2, 0) is 13.0 Å². The van der Waals surface area contributed by atoms with Gasteiger partial charge in [-0.05, 0) is 47.4 Å². The molecule has 1 aliphatic rings. The minimum atomic E-state index is 0.680. The maximum atomic E-state index is 10.3. The number of ether oxygens (including phenoxy) is 2. The van der Waals surface area contributed by atoms with E-state index in [2.05, 4.69) is 54.0 Å². The number of aryl methyl sites for hydroxylation is 1. The van der Waals surface area contributed by atoms with E-state index in [1.807, 2.05) is 18.2 Å². The topological polar surface area (TPSA) is 47.2 Å². The molecule has 0 fully saturated rings. The second-order valence-electron chi connectivity index (χ2n) is 7.59. The summed E-state index contributed by atoms with van der Waals surface area (Å²) in [7, 11) is 3.29. The molecule has 0 aliphatic carbocycles. The van der Waals surface area contributed by atoms with E-state index in [4.69, 9.17) is 9.47 Å². The molecule has 4 heteroatoms. The van der Waals surface area contributed by atoms with Crippen LogP contribution in [-0.4, -0.2) is 18.8 Å². The molecule has 5 rings (SSSR count). The molecule has 0 atom stereocenters. The predicted octanol–water partition coefficient (Wildman–Crippen LogP) is 5.73. The molecule has 0 saturated heterocycles. The molecule has 0 N–H and O–H groups in total. The summed E-state index contributed by atoms with van der Waals surface area (Å²) in [6.07, 6.45) is 0.887. The molecule has 148 valence electrons. The molecular weight excluding hydrogens is 372 g/mol. The number of hydrogen-bond acceptors (Lipinski definition) is 3. The fourth-order valence-electron chi connectivity index (χ4n) is 4.76. The van der Waals surface area contributed by atoms with E-state index >= 15 is 0 Å². The van der Waals surface area contributed by atoms with Gasteiger partial charge in [0.1, 0.15) is 6.07 Å². The Kier molecular flexibility index (Phi) is 4.25. The van der Waals surface area contributed by atoms with Crippen LogP contribution in [0.2, 0.25) is 0 Å². The Hall–Kier alpha value is -3.71. The third-order valence-corrected chi connectivity index (χ3v) is 6.16. The van der Waals surface area contributed by atoms with Crippen molar-refractivity contribution in [3.05, 3.63) is 71.4 Å². The van der Waals surface area contributed by atoms with E-state index in [0.717, 1.165) is 57.7 Å². The van der Waals surface area contributed by atoms with Crippen molar-refractivity contribution in [2.45, 2.75) is 19.9 Å². The van der Waals surface area contributed by atoms with Crippen LogP contribution in [0.3, 0.4) is 0 Å². The van der Waals surface area contributed by atoms with Gasteiger partial charge in [0.2, 0.25) is 0 Å². The van der Waals surface area contributed by atoms with Crippen LogP contribution in [0.1, 0.15) is 16.8 Å². The number of methoxy groups -OCH3 is 2. The third kappa shape index (κ3) is 2.52. The quantitative estimate of drug-likeness (QED) is 0.446. The van der Waals surface area contributed by atoms with Crippen LogP contribution in [0.5, 0.6) is 11.5 Å². The van der Waals surface area contributed by atoms with Crippen molar-refractivity contribution in [2.24, 2.45) is 0 Å². The highest BCUT2D eigenvalue weighted by Gasteiger charge is 2.28. The summed E-state index contributed by atoms with van der Waals surface area (Å²) in [5.41, 5.74) is 7.16. The molecule has 3 aromatic carbocycles. The monoisotopic (exact) mass is 394 g/mol. The lowest BCUT2D eigenvalue weighted by atomic mass is 9.92. The smallest absolute Gasteiger partial charge is 0.161 e. The van der Waals surface area contributed by atoms with Gasteiger partial charge in [-0.25, -0.2) is 0 Å². The van der Waals surface area contributed by atoms with Gasteiger partial charge in [-0.3, -0.25) is 0 Å². The average Bonchev–Trinajstić information content (AvgIpc) is 3.09. The lowest BCUT2D eigenvalue weighted by Crippen LogP contribution is -2.12. The molecule has 4 nitrogen and oxygen atoms in total. The van der Waals surface area contributed by atoms with Crippen LogP contribution in [0.4, 0.5) is 0 Å². The van der Waals surface area contributed by atoms with Gasteiger partial charge in [-0.1, -0.05) is 42.5 Å². The van der Waals surface area contributed by atoms with Crippen molar-refractivity contribution >= 4 is 10.8 Å². The minimum Gasteiger partial charge on any atom is -0.493 e. The minimum absolute atomic E-state index is 0.680. The zero-order chi connectivity index (χ0) is 20.8. The van der Waals surface area contributed by atoms with Crippen LogP contribution < -0.4 is 9.47 Å². The molecule has 30 heavy (non-hydrogen) atoms. The summed E-state index contributed by atoms with van der Waals surface area (Å²) in [4.78, 5) is 0. The highest BCUT2D eigenvalue weighted by molar-refractivity contribution is 6.00. The third-order valence-electron chi connectivity index (χ3n) is 6.16. The zero-order valence-corrected chi connectivity index (χ0v) is 17.3. The fraction of sp³-hybridized carbons (Fsp3) is 0.192. The highest BCUT2D eigenvalue weighted by atomic mass is 16.5. The van der Waals surface area contributed by atoms with Gasteiger partial charge in [-0.2, -0.15) is 5.26 Å². The molecule has 1 aliphatic heterocycles. The largest absolute Gasteiger partial charge is 0.493 e. The molecule has 4 aromatic rings. The maximum Gasteiger partial charge on any atom is 0.161 e. The first-order chi connectivity index (χ1) is 14.7. The number of benzene rings is 3.